The van der Waals surface area contributed by atoms with E-state index < -0.39 is 0 Å². The monoisotopic (exact) mass is 238 g/mol. The van der Waals surface area contributed by atoms with Gasteiger partial charge in [-0.3, -0.25) is 4.79 Å². The fourth-order valence-electron chi connectivity index (χ4n) is 1.52. The van der Waals surface area contributed by atoms with Crippen LogP contribution in [-0.4, -0.2) is 37.4 Å². The van der Waals surface area contributed by atoms with Crippen LogP contribution in [0.3, 0.4) is 0 Å². The van der Waals surface area contributed by atoms with E-state index in [0.717, 1.165) is 0 Å². The molecule has 1 rings (SSSR count). The summed E-state index contributed by atoms with van der Waals surface area (Å²) in [7, 11) is 1.55. The molecule has 17 heavy (non-hydrogen) atoms. The van der Waals surface area contributed by atoms with Crippen LogP contribution >= 0.6 is 0 Å². The van der Waals surface area contributed by atoms with Crippen molar-refractivity contribution in [2.24, 2.45) is 0 Å². The number of hydrogen-bond donors (Lipinski definition) is 3. The second-order valence-electron chi connectivity index (χ2n) is 3.73. The quantitative estimate of drug-likeness (QED) is 0.626. The molecule has 1 amide bonds. The van der Waals surface area contributed by atoms with Gasteiger partial charge in [0.05, 0.1) is 18.2 Å². The van der Waals surface area contributed by atoms with Crippen LogP contribution in [0.4, 0.5) is 5.69 Å². The maximum absolute atomic E-state index is 11.9. The maximum Gasteiger partial charge on any atom is 0.253 e. The van der Waals surface area contributed by atoms with E-state index in [-0.39, 0.29) is 18.6 Å². The lowest BCUT2D eigenvalue weighted by Crippen LogP contribution is -2.38. The van der Waals surface area contributed by atoms with E-state index in [1.165, 1.54) is 0 Å². The Kier molecular flexibility index (Phi) is 5.45. The molecule has 5 nitrogen and oxygen atoms in total. The average Bonchev–Trinajstić information content (AvgIpc) is 2.30. The number of aliphatic hydroxyl groups is 1. The highest BCUT2D eigenvalue weighted by Crippen LogP contribution is 2.10. The van der Waals surface area contributed by atoms with Crippen LogP contribution < -0.4 is 11.1 Å². The van der Waals surface area contributed by atoms with E-state index in [1.807, 2.05) is 0 Å². The molecule has 5 heteroatoms. The second kappa shape index (κ2) is 6.88. The number of nitrogens with two attached hydrogens (primary N) is 1. The summed E-state index contributed by atoms with van der Waals surface area (Å²) in [5, 5.41) is 11.6. The number of para-hydroxylation sites is 1. The Balaban J connectivity index is 2.67. The largest absolute Gasteiger partial charge is 0.398 e. The van der Waals surface area contributed by atoms with E-state index >= 15 is 0 Å². The minimum atomic E-state index is -0.251. The molecule has 0 aromatic heterocycles. The van der Waals surface area contributed by atoms with E-state index in [4.69, 9.17) is 15.6 Å². The summed E-state index contributed by atoms with van der Waals surface area (Å²) in [5.41, 5.74) is 6.58. The van der Waals surface area contributed by atoms with Gasteiger partial charge in [-0.1, -0.05) is 12.1 Å². The van der Waals surface area contributed by atoms with E-state index in [2.05, 4.69) is 5.32 Å². The Morgan fingerprint density at radius 1 is 1.53 bits per heavy atom. The third kappa shape index (κ3) is 4.05. The number of anilines is 1. The van der Waals surface area contributed by atoms with Crippen molar-refractivity contribution in [1.29, 1.82) is 0 Å². The van der Waals surface area contributed by atoms with Crippen LogP contribution in [0, 0.1) is 0 Å². The van der Waals surface area contributed by atoms with Crippen molar-refractivity contribution in [3.05, 3.63) is 29.8 Å². The molecule has 4 N–H and O–H groups in total. The minimum absolute atomic E-state index is 0.00141. The van der Waals surface area contributed by atoms with Gasteiger partial charge in [0.2, 0.25) is 0 Å². The molecule has 0 radical (unpaired) electrons. The SMILES string of the molecule is COCC(CCO)NC(=O)c1ccccc1N. The zero-order valence-corrected chi connectivity index (χ0v) is 9.85. The first-order valence-electron chi connectivity index (χ1n) is 5.44. The zero-order chi connectivity index (χ0) is 12.7. The Labute approximate surface area is 101 Å². The molecule has 94 valence electrons. The average molecular weight is 238 g/mol. The van der Waals surface area contributed by atoms with Gasteiger partial charge in [0.1, 0.15) is 0 Å². The highest BCUT2D eigenvalue weighted by molar-refractivity contribution is 5.99. The first-order valence-corrected chi connectivity index (χ1v) is 5.44. The van der Waals surface area contributed by atoms with Gasteiger partial charge in [0.15, 0.2) is 0 Å². The highest BCUT2D eigenvalue weighted by atomic mass is 16.5. The second-order valence-corrected chi connectivity index (χ2v) is 3.73. The van der Waals surface area contributed by atoms with Crippen molar-refractivity contribution in [3.63, 3.8) is 0 Å². The number of ether oxygens (including phenoxy) is 1. The molecule has 0 aliphatic rings. The molecule has 0 fully saturated rings. The predicted molar refractivity (Wildman–Crippen MR) is 65.7 cm³/mol. The van der Waals surface area contributed by atoms with Gasteiger partial charge in [-0.05, 0) is 18.6 Å². The first kappa shape index (κ1) is 13.5. The normalized spacial score (nSPS) is 12.1. The number of methoxy groups -OCH3 is 1. The number of hydrogen-bond acceptors (Lipinski definition) is 4. The Bertz CT molecular complexity index is 363. The lowest BCUT2D eigenvalue weighted by Gasteiger charge is -2.17. The van der Waals surface area contributed by atoms with Crippen molar-refractivity contribution in [1.82, 2.24) is 5.32 Å². The van der Waals surface area contributed by atoms with E-state index in [0.29, 0.717) is 24.3 Å². The third-order valence-corrected chi connectivity index (χ3v) is 2.39. The number of nitrogen functional groups attached to an aromatic ring is 1. The zero-order valence-electron chi connectivity index (χ0n) is 9.85. The molecular formula is C12H18N2O3. The fraction of sp³-hybridized carbons (Fsp3) is 0.417. The minimum Gasteiger partial charge on any atom is -0.398 e. The van der Waals surface area contributed by atoms with Gasteiger partial charge in [-0.25, -0.2) is 0 Å². The summed E-state index contributed by atoms with van der Waals surface area (Å²) in [5.74, 6) is -0.251. The Morgan fingerprint density at radius 3 is 2.82 bits per heavy atom. The van der Waals surface area contributed by atoms with Crippen LogP contribution in [0.25, 0.3) is 0 Å². The van der Waals surface area contributed by atoms with Crippen LogP contribution in [0.2, 0.25) is 0 Å². The van der Waals surface area contributed by atoms with Gasteiger partial charge in [-0.2, -0.15) is 0 Å². The summed E-state index contributed by atoms with van der Waals surface area (Å²) in [4.78, 5) is 11.9. The van der Waals surface area contributed by atoms with Crippen molar-refractivity contribution < 1.29 is 14.6 Å². The molecule has 1 unspecified atom stereocenters. The predicted octanol–water partition coefficient (Wildman–Crippen LogP) is 0.396. The lowest BCUT2D eigenvalue weighted by atomic mass is 10.1. The summed E-state index contributed by atoms with van der Waals surface area (Å²) in [6.45, 7) is 0.359. The molecule has 0 saturated heterocycles. The van der Waals surface area contributed by atoms with Crippen molar-refractivity contribution in [3.8, 4) is 0 Å². The molecule has 1 aromatic rings. The molecule has 1 aromatic carbocycles. The smallest absolute Gasteiger partial charge is 0.253 e. The highest BCUT2D eigenvalue weighted by Gasteiger charge is 2.14. The van der Waals surface area contributed by atoms with Crippen LogP contribution in [-0.2, 0) is 4.74 Å². The van der Waals surface area contributed by atoms with Crippen LogP contribution in [0.15, 0.2) is 24.3 Å². The number of amides is 1. The van der Waals surface area contributed by atoms with Gasteiger partial charge in [0, 0.05) is 19.4 Å². The summed E-state index contributed by atoms with van der Waals surface area (Å²) in [6, 6.07) is 6.65. The Morgan fingerprint density at radius 2 is 2.24 bits per heavy atom. The van der Waals surface area contributed by atoms with Crippen LogP contribution in [0.5, 0.6) is 0 Å². The van der Waals surface area contributed by atoms with Crippen molar-refractivity contribution in [2.75, 3.05) is 26.1 Å². The Hall–Kier alpha value is -1.59. The standard InChI is InChI=1S/C12H18N2O3/c1-17-8-9(6-7-15)14-12(16)10-4-2-3-5-11(10)13/h2-5,9,15H,6-8,13H2,1H3,(H,14,16). The van der Waals surface area contributed by atoms with E-state index in [1.54, 1.807) is 31.4 Å². The van der Waals surface area contributed by atoms with Gasteiger partial charge in [0.25, 0.3) is 5.91 Å². The molecule has 0 bridgehead atoms. The third-order valence-electron chi connectivity index (χ3n) is 2.39. The van der Waals surface area contributed by atoms with Crippen molar-refractivity contribution >= 4 is 11.6 Å². The molecule has 0 spiro atoms. The number of benzene rings is 1. The molecule has 0 saturated carbocycles. The number of carbonyl (C=O) groups is 1. The molecule has 1 atom stereocenters. The molecule has 0 aliphatic carbocycles. The summed E-state index contributed by atoms with van der Waals surface area (Å²) < 4.78 is 4.97. The van der Waals surface area contributed by atoms with Crippen molar-refractivity contribution in [2.45, 2.75) is 12.5 Å². The maximum atomic E-state index is 11.9. The number of rotatable bonds is 6. The topological polar surface area (TPSA) is 84.6 Å². The lowest BCUT2D eigenvalue weighted by molar-refractivity contribution is 0.0879. The summed E-state index contributed by atoms with van der Waals surface area (Å²) in [6.07, 6.45) is 0.451. The fourth-order valence-corrected chi connectivity index (χ4v) is 1.52. The van der Waals surface area contributed by atoms with Gasteiger partial charge < -0.3 is 20.9 Å². The summed E-state index contributed by atoms with van der Waals surface area (Å²) >= 11 is 0. The number of nitrogens with one attached hydrogen (secondary N) is 1. The van der Waals surface area contributed by atoms with Gasteiger partial charge in [-0.15, -0.1) is 0 Å². The number of aliphatic hydroxyl groups excluding tert-OH is 1. The molecule has 0 heterocycles. The van der Waals surface area contributed by atoms with Crippen LogP contribution in [0.1, 0.15) is 16.8 Å². The first-order chi connectivity index (χ1) is 8.19. The molecular weight excluding hydrogens is 220 g/mol. The number of carbonyl (C=O) groups excluding carboxylic acids is 1. The van der Waals surface area contributed by atoms with E-state index in [9.17, 15) is 4.79 Å². The van der Waals surface area contributed by atoms with Gasteiger partial charge >= 0.3 is 0 Å². The molecule has 0 aliphatic heterocycles.